The van der Waals surface area contributed by atoms with Gasteiger partial charge in [0.05, 0.1) is 0 Å². The fourth-order valence-corrected chi connectivity index (χ4v) is 3.44. The van der Waals surface area contributed by atoms with Gasteiger partial charge in [0, 0.05) is 33.9 Å². The molecule has 1 saturated carbocycles. The Balaban J connectivity index is 1.76. The lowest BCUT2D eigenvalue weighted by Gasteiger charge is -2.42. The van der Waals surface area contributed by atoms with E-state index in [-0.39, 0.29) is 0 Å². The van der Waals surface area contributed by atoms with Crippen LogP contribution in [0.1, 0.15) is 42.4 Å². The Hall–Kier alpha value is -1.55. The van der Waals surface area contributed by atoms with Crippen molar-refractivity contribution in [3.8, 4) is 0 Å². The third-order valence-electron chi connectivity index (χ3n) is 5.29. The molecule has 0 bridgehead atoms. The predicted molar refractivity (Wildman–Crippen MR) is 102 cm³/mol. The second-order valence-electron chi connectivity index (χ2n) is 7.13. The van der Waals surface area contributed by atoms with Gasteiger partial charge in [-0.15, -0.1) is 0 Å². The van der Waals surface area contributed by atoms with Gasteiger partial charge in [-0.05, 0) is 56.1 Å². The van der Waals surface area contributed by atoms with Crippen LogP contribution in [0.5, 0.6) is 0 Å². The minimum absolute atomic E-state index is 0.404. The van der Waals surface area contributed by atoms with Gasteiger partial charge in [-0.25, -0.2) is 0 Å². The topological polar surface area (TPSA) is 45.7 Å². The molecule has 0 amide bonds. The lowest BCUT2D eigenvalue weighted by molar-refractivity contribution is 0.0732. The van der Waals surface area contributed by atoms with Crippen molar-refractivity contribution < 1.29 is 4.74 Å². The molecule has 1 aliphatic rings. The second kappa shape index (κ2) is 9.07. The van der Waals surface area contributed by atoms with E-state index in [4.69, 9.17) is 4.74 Å². The monoisotopic (exact) mass is 331 g/mol. The Labute approximate surface area is 147 Å². The Morgan fingerprint density at radius 2 is 2.04 bits per heavy atom. The number of ether oxygens (including phenoxy) is 1. The number of hydrogen-bond acceptors (Lipinski definition) is 2. The number of aryl methyl sites for hydroxylation is 2. The Morgan fingerprint density at radius 1 is 1.25 bits per heavy atom. The first-order valence-electron chi connectivity index (χ1n) is 9.08. The largest absolute Gasteiger partial charge is 0.385 e. The smallest absolute Gasteiger partial charge is 0.191 e. The highest BCUT2D eigenvalue weighted by atomic mass is 16.5. The lowest BCUT2D eigenvalue weighted by atomic mass is 9.67. The van der Waals surface area contributed by atoms with E-state index in [2.05, 4.69) is 47.7 Å². The highest BCUT2D eigenvalue weighted by molar-refractivity contribution is 5.79. The van der Waals surface area contributed by atoms with Crippen molar-refractivity contribution in [2.75, 3.05) is 33.9 Å². The maximum Gasteiger partial charge on any atom is 0.191 e. The summed E-state index contributed by atoms with van der Waals surface area (Å²) in [6.45, 7) is 7.06. The van der Waals surface area contributed by atoms with Crippen LogP contribution in [-0.4, -0.2) is 39.8 Å². The zero-order valence-corrected chi connectivity index (χ0v) is 15.7. The predicted octanol–water partition coefficient (Wildman–Crippen LogP) is 3.22. The van der Waals surface area contributed by atoms with Gasteiger partial charge >= 0.3 is 0 Å². The number of methoxy groups -OCH3 is 1. The number of nitrogens with zero attached hydrogens (tertiary/aromatic N) is 1. The molecule has 0 radical (unpaired) electrons. The SMILES string of the molecule is CN=C(NCCc1ccc(C)cc1C)NCC1(CCOC)CCC1. The Kier molecular flexibility index (Phi) is 7.10. The molecule has 4 nitrogen and oxygen atoms in total. The molecule has 1 fully saturated rings. The molecule has 1 aromatic rings. The van der Waals surface area contributed by atoms with Crippen molar-refractivity contribution in [3.05, 3.63) is 34.9 Å². The summed E-state index contributed by atoms with van der Waals surface area (Å²) in [4.78, 5) is 4.36. The minimum atomic E-state index is 0.404. The summed E-state index contributed by atoms with van der Waals surface area (Å²) in [5, 5.41) is 6.96. The molecule has 0 saturated heterocycles. The van der Waals surface area contributed by atoms with Gasteiger partial charge in [-0.3, -0.25) is 4.99 Å². The summed E-state index contributed by atoms with van der Waals surface area (Å²) in [6.07, 6.45) is 6.08. The second-order valence-corrected chi connectivity index (χ2v) is 7.13. The normalized spacial score (nSPS) is 16.6. The van der Waals surface area contributed by atoms with Crippen LogP contribution >= 0.6 is 0 Å². The summed E-state index contributed by atoms with van der Waals surface area (Å²) < 4.78 is 5.27. The van der Waals surface area contributed by atoms with Gasteiger partial charge in [-0.2, -0.15) is 0 Å². The summed E-state index contributed by atoms with van der Waals surface area (Å²) in [5.41, 5.74) is 4.50. The summed E-state index contributed by atoms with van der Waals surface area (Å²) in [7, 11) is 3.63. The van der Waals surface area contributed by atoms with Gasteiger partial charge in [0.25, 0.3) is 0 Å². The van der Waals surface area contributed by atoms with E-state index in [1.54, 1.807) is 7.11 Å². The summed E-state index contributed by atoms with van der Waals surface area (Å²) >= 11 is 0. The van der Waals surface area contributed by atoms with Gasteiger partial charge in [0.15, 0.2) is 5.96 Å². The first-order chi connectivity index (χ1) is 11.6. The van der Waals surface area contributed by atoms with Crippen LogP contribution in [0.4, 0.5) is 0 Å². The summed E-state index contributed by atoms with van der Waals surface area (Å²) in [5.74, 6) is 0.906. The first-order valence-corrected chi connectivity index (χ1v) is 9.08. The van der Waals surface area contributed by atoms with Gasteiger partial charge in [0.1, 0.15) is 0 Å². The van der Waals surface area contributed by atoms with Crippen LogP contribution < -0.4 is 10.6 Å². The van der Waals surface area contributed by atoms with Crippen LogP contribution in [0.3, 0.4) is 0 Å². The quantitative estimate of drug-likeness (QED) is 0.568. The average molecular weight is 332 g/mol. The van der Waals surface area contributed by atoms with Crippen molar-refractivity contribution in [3.63, 3.8) is 0 Å². The van der Waals surface area contributed by atoms with E-state index in [9.17, 15) is 0 Å². The Bertz CT molecular complexity index is 550. The van der Waals surface area contributed by atoms with Crippen molar-refractivity contribution in [1.29, 1.82) is 0 Å². The molecular weight excluding hydrogens is 298 g/mol. The van der Waals surface area contributed by atoms with E-state index in [0.717, 1.165) is 38.5 Å². The minimum Gasteiger partial charge on any atom is -0.385 e. The van der Waals surface area contributed by atoms with E-state index in [1.165, 1.54) is 36.0 Å². The van der Waals surface area contributed by atoms with Gasteiger partial charge in [0.2, 0.25) is 0 Å². The fraction of sp³-hybridized carbons (Fsp3) is 0.650. The fourth-order valence-electron chi connectivity index (χ4n) is 3.44. The molecule has 1 aromatic carbocycles. The van der Waals surface area contributed by atoms with Crippen molar-refractivity contribution in [2.45, 2.75) is 46.0 Å². The number of guanidine groups is 1. The molecule has 4 heteroatoms. The van der Waals surface area contributed by atoms with Crippen LogP contribution in [0.15, 0.2) is 23.2 Å². The zero-order valence-electron chi connectivity index (χ0n) is 15.7. The number of rotatable bonds is 8. The van der Waals surface area contributed by atoms with E-state index in [1.807, 2.05) is 7.05 Å². The molecule has 0 unspecified atom stereocenters. The van der Waals surface area contributed by atoms with Crippen molar-refractivity contribution in [2.24, 2.45) is 10.4 Å². The van der Waals surface area contributed by atoms with Crippen molar-refractivity contribution >= 4 is 5.96 Å². The molecule has 0 aromatic heterocycles. The van der Waals surface area contributed by atoms with E-state index >= 15 is 0 Å². The lowest BCUT2D eigenvalue weighted by Crippen LogP contribution is -2.47. The zero-order chi connectivity index (χ0) is 17.4. The van der Waals surface area contributed by atoms with Crippen LogP contribution in [0.2, 0.25) is 0 Å². The maximum atomic E-state index is 5.27. The van der Waals surface area contributed by atoms with E-state index < -0.39 is 0 Å². The van der Waals surface area contributed by atoms with Gasteiger partial charge < -0.3 is 15.4 Å². The highest BCUT2D eigenvalue weighted by Crippen LogP contribution is 2.43. The van der Waals surface area contributed by atoms with Crippen LogP contribution in [0, 0.1) is 19.3 Å². The molecule has 2 N–H and O–H groups in total. The third kappa shape index (κ3) is 5.23. The average Bonchev–Trinajstić information content (AvgIpc) is 2.53. The number of nitrogens with one attached hydrogen (secondary N) is 2. The summed E-state index contributed by atoms with van der Waals surface area (Å²) in [6, 6.07) is 6.67. The maximum absolute atomic E-state index is 5.27. The molecule has 0 heterocycles. The number of hydrogen-bond donors (Lipinski definition) is 2. The van der Waals surface area contributed by atoms with E-state index in [0.29, 0.717) is 5.41 Å². The molecule has 0 spiro atoms. The molecule has 0 aliphatic heterocycles. The highest BCUT2D eigenvalue weighted by Gasteiger charge is 2.36. The molecular formula is C20H33N3O. The molecule has 1 aliphatic carbocycles. The van der Waals surface area contributed by atoms with Crippen LogP contribution in [-0.2, 0) is 11.2 Å². The molecule has 134 valence electrons. The van der Waals surface area contributed by atoms with Gasteiger partial charge in [-0.1, -0.05) is 30.2 Å². The molecule has 24 heavy (non-hydrogen) atoms. The molecule has 0 atom stereocenters. The molecule has 2 rings (SSSR count). The number of benzene rings is 1. The first kappa shape index (κ1) is 18.8. The standard InChI is InChI=1S/C20H33N3O/c1-16-6-7-18(17(2)14-16)8-12-22-19(21-3)23-15-20(9-5-10-20)11-13-24-4/h6-7,14H,5,8-13,15H2,1-4H3,(H2,21,22,23). The Morgan fingerprint density at radius 3 is 2.62 bits per heavy atom. The number of aliphatic imine (C=N–C) groups is 1. The van der Waals surface area contributed by atoms with Crippen LogP contribution in [0.25, 0.3) is 0 Å². The van der Waals surface area contributed by atoms with Crippen molar-refractivity contribution in [1.82, 2.24) is 10.6 Å². The third-order valence-corrected chi connectivity index (χ3v) is 5.29.